The molecule has 0 aliphatic carbocycles. The molecule has 2 aromatic heterocycles. The van der Waals surface area contributed by atoms with Gasteiger partial charge in [-0.3, -0.25) is 19.6 Å². The van der Waals surface area contributed by atoms with E-state index in [4.69, 9.17) is 0 Å². The smallest absolute Gasteiger partial charge is 0.253 e. The van der Waals surface area contributed by atoms with Crippen molar-refractivity contribution in [1.29, 1.82) is 0 Å². The highest BCUT2D eigenvalue weighted by atomic mass is 16.2. The Balaban J connectivity index is 1.20. The molecule has 2 atom stereocenters. The number of fused-ring (bicyclic) bond motifs is 1. The van der Waals surface area contributed by atoms with Crippen molar-refractivity contribution in [2.24, 2.45) is 11.8 Å². The molecule has 6 heteroatoms. The molecular formula is C27H30N4O2. The average Bonchev–Trinajstić information content (AvgIpc) is 3.34. The second kappa shape index (κ2) is 9.30. The number of rotatable bonds is 4. The summed E-state index contributed by atoms with van der Waals surface area (Å²) in [6, 6.07) is 11.7. The SMILES string of the molecule is Cc1cncc(CC(=O)N2CCCC(C3CCN(C(=O)c4ccc5cccnc5c4)C3)C2)c1. The highest BCUT2D eigenvalue weighted by molar-refractivity contribution is 5.97. The van der Waals surface area contributed by atoms with E-state index >= 15 is 0 Å². The summed E-state index contributed by atoms with van der Waals surface area (Å²) in [6.45, 7) is 5.18. The molecule has 0 bridgehead atoms. The minimum atomic E-state index is 0.0840. The van der Waals surface area contributed by atoms with Crippen LogP contribution in [0.2, 0.25) is 0 Å². The quantitative estimate of drug-likeness (QED) is 0.615. The van der Waals surface area contributed by atoms with Gasteiger partial charge in [0.1, 0.15) is 0 Å². The van der Waals surface area contributed by atoms with Crippen LogP contribution in [0.15, 0.2) is 55.0 Å². The van der Waals surface area contributed by atoms with Crippen LogP contribution in [0.5, 0.6) is 0 Å². The van der Waals surface area contributed by atoms with Crippen molar-refractivity contribution in [3.63, 3.8) is 0 Å². The van der Waals surface area contributed by atoms with E-state index in [0.717, 1.165) is 67.5 Å². The van der Waals surface area contributed by atoms with Gasteiger partial charge in [0, 0.05) is 55.7 Å². The zero-order valence-electron chi connectivity index (χ0n) is 19.1. The topological polar surface area (TPSA) is 66.4 Å². The van der Waals surface area contributed by atoms with Crippen molar-refractivity contribution in [2.45, 2.75) is 32.6 Å². The summed E-state index contributed by atoms with van der Waals surface area (Å²) >= 11 is 0. The Morgan fingerprint density at radius 2 is 1.85 bits per heavy atom. The van der Waals surface area contributed by atoms with Gasteiger partial charge in [-0.2, -0.15) is 0 Å². The van der Waals surface area contributed by atoms with Gasteiger partial charge in [0.2, 0.25) is 5.91 Å². The zero-order valence-corrected chi connectivity index (χ0v) is 19.1. The summed E-state index contributed by atoms with van der Waals surface area (Å²) in [5.41, 5.74) is 3.61. The van der Waals surface area contributed by atoms with Crippen molar-refractivity contribution < 1.29 is 9.59 Å². The largest absolute Gasteiger partial charge is 0.342 e. The van der Waals surface area contributed by atoms with Crippen molar-refractivity contribution in [2.75, 3.05) is 26.2 Å². The fourth-order valence-corrected chi connectivity index (χ4v) is 5.36. The third-order valence-electron chi connectivity index (χ3n) is 7.13. The molecule has 2 aliphatic rings. The van der Waals surface area contributed by atoms with E-state index in [-0.39, 0.29) is 11.8 Å². The summed E-state index contributed by atoms with van der Waals surface area (Å²) < 4.78 is 0. The number of carbonyl (C=O) groups excluding carboxylic acids is 2. The molecule has 0 N–H and O–H groups in total. The summed E-state index contributed by atoms with van der Waals surface area (Å²) in [7, 11) is 0. The Morgan fingerprint density at radius 1 is 1.00 bits per heavy atom. The molecule has 2 amide bonds. The number of piperidine rings is 1. The first-order chi connectivity index (χ1) is 16.1. The first-order valence-corrected chi connectivity index (χ1v) is 11.9. The second-order valence-corrected chi connectivity index (χ2v) is 9.50. The van der Waals surface area contributed by atoms with Crippen LogP contribution in [0.1, 0.15) is 40.7 Å². The van der Waals surface area contributed by atoms with E-state index in [0.29, 0.717) is 23.8 Å². The van der Waals surface area contributed by atoms with E-state index in [1.54, 1.807) is 12.4 Å². The van der Waals surface area contributed by atoms with Crippen LogP contribution in [-0.2, 0) is 11.2 Å². The molecule has 170 valence electrons. The van der Waals surface area contributed by atoms with Crippen LogP contribution in [-0.4, -0.2) is 57.8 Å². The Hall–Kier alpha value is -3.28. The molecule has 6 nitrogen and oxygen atoms in total. The average molecular weight is 443 g/mol. The maximum atomic E-state index is 13.1. The van der Waals surface area contributed by atoms with E-state index in [1.165, 1.54) is 0 Å². The summed E-state index contributed by atoms with van der Waals surface area (Å²) in [5.74, 6) is 1.17. The number of hydrogen-bond donors (Lipinski definition) is 0. The van der Waals surface area contributed by atoms with Crippen LogP contribution in [0.3, 0.4) is 0 Å². The Morgan fingerprint density at radius 3 is 2.73 bits per heavy atom. The molecule has 0 saturated carbocycles. The van der Waals surface area contributed by atoms with E-state index in [2.05, 4.69) is 9.97 Å². The lowest BCUT2D eigenvalue weighted by molar-refractivity contribution is -0.132. The number of pyridine rings is 2. The normalized spacial score (nSPS) is 20.9. The number of aryl methyl sites for hydroxylation is 1. The number of aromatic nitrogens is 2. The predicted octanol–water partition coefficient (Wildman–Crippen LogP) is 3.88. The fourth-order valence-electron chi connectivity index (χ4n) is 5.36. The molecule has 3 aromatic rings. The van der Waals surface area contributed by atoms with Crippen LogP contribution in [0.25, 0.3) is 10.9 Å². The first kappa shape index (κ1) is 21.6. The summed E-state index contributed by atoms with van der Waals surface area (Å²) in [4.78, 5) is 38.7. The van der Waals surface area contributed by atoms with Crippen molar-refractivity contribution in [3.8, 4) is 0 Å². The lowest BCUT2D eigenvalue weighted by atomic mass is 9.84. The molecule has 0 spiro atoms. The lowest BCUT2D eigenvalue weighted by Crippen LogP contribution is -2.43. The molecule has 33 heavy (non-hydrogen) atoms. The van der Waals surface area contributed by atoms with Crippen LogP contribution in [0, 0.1) is 18.8 Å². The monoisotopic (exact) mass is 442 g/mol. The second-order valence-electron chi connectivity index (χ2n) is 9.50. The molecule has 1 aromatic carbocycles. The van der Waals surface area contributed by atoms with Gasteiger partial charge in [-0.1, -0.05) is 18.2 Å². The van der Waals surface area contributed by atoms with Crippen LogP contribution in [0.4, 0.5) is 0 Å². The van der Waals surface area contributed by atoms with Gasteiger partial charge < -0.3 is 9.80 Å². The van der Waals surface area contributed by atoms with E-state index < -0.39 is 0 Å². The number of hydrogen-bond acceptors (Lipinski definition) is 4. The van der Waals surface area contributed by atoms with Gasteiger partial charge in [0.15, 0.2) is 0 Å². The molecule has 5 rings (SSSR count). The molecule has 2 aliphatic heterocycles. The lowest BCUT2D eigenvalue weighted by Gasteiger charge is -2.36. The summed E-state index contributed by atoms with van der Waals surface area (Å²) in [6.07, 6.45) is 8.93. The number of amides is 2. The van der Waals surface area contributed by atoms with E-state index in [9.17, 15) is 9.59 Å². The number of benzene rings is 1. The van der Waals surface area contributed by atoms with Crippen molar-refractivity contribution in [1.82, 2.24) is 19.8 Å². The Kier molecular flexibility index (Phi) is 6.07. The van der Waals surface area contributed by atoms with Gasteiger partial charge in [0.05, 0.1) is 11.9 Å². The van der Waals surface area contributed by atoms with Gasteiger partial charge in [-0.25, -0.2) is 0 Å². The maximum absolute atomic E-state index is 13.1. The molecule has 2 saturated heterocycles. The molecule has 2 fully saturated rings. The maximum Gasteiger partial charge on any atom is 0.253 e. The molecule has 2 unspecified atom stereocenters. The third-order valence-corrected chi connectivity index (χ3v) is 7.13. The van der Waals surface area contributed by atoms with Crippen molar-refractivity contribution in [3.05, 3.63) is 71.7 Å². The molecular weight excluding hydrogens is 412 g/mol. The van der Waals surface area contributed by atoms with Gasteiger partial charge >= 0.3 is 0 Å². The minimum absolute atomic E-state index is 0.0840. The Labute approximate surface area is 194 Å². The first-order valence-electron chi connectivity index (χ1n) is 11.9. The van der Waals surface area contributed by atoms with Gasteiger partial charge in [-0.05, 0) is 67.3 Å². The molecule has 0 radical (unpaired) electrons. The Bertz CT molecular complexity index is 1180. The highest BCUT2D eigenvalue weighted by Crippen LogP contribution is 2.32. The predicted molar refractivity (Wildman–Crippen MR) is 128 cm³/mol. The zero-order chi connectivity index (χ0) is 22.8. The van der Waals surface area contributed by atoms with Gasteiger partial charge in [0.25, 0.3) is 5.91 Å². The molecule has 4 heterocycles. The van der Waals surface area contributed by atoms with Crippen molar-refractivity contribution >= 4 is 22.7 Å². The number of likely N-dealkylation sites (tertiary alicyclic amines) is 2. The fraction of sp³-hybridized carbons (Fsp3) is 0.407. The summed E-state index contributed by atoms with van der Waals surface area (Å²) in [5, 5.41) is 1.04. The third kappa shape index (κ3) is 4.75. The minimum Gasteiger partial charge on any atom is -0.342 e. The highest BCUT2D eigenvalue weighted by Gasteiger charge is 2.35. The standard InChI is InChI=1S/C27H30N4O2/c1-19-12-20(16-28-15-19)13-26(32)30-10-3-5-23(17-30)24-8-11-31(18-24)27(33)22-7-6-21-4-2-9-29-25(21)14-22/h2,4,6-7,9,12,14-16,23-24H,3,5,8,10-11,13,17-18H2,1H3. The number of nitrogens with zero attached hydrogens (tertiary/aromatic N) is 4. The van der Waals surface area contributed by atoms with Crippen LogP contribution < -0.4 is 0 Å². The van der Waals surface area contributed by atoms with E-state index in [1.807, 2.05) is 59.3 Å². The van der Waals surface area contributed by atoms with Crippen LogP contribution >= 0.6 is 0 Å². The number of carbonyl (C=O) groups is 2. The van der Waals surface area contributed by atoms with Gasteiger partial charge in [-0.15, -0.1) is 0 Å².